The quantitative estimate of drug-likeness (QED) is 0.355. The van der Waals surface area contributed by atoms with Crippen molar-refractivity contribution in [2.24, 2.45) is 5.41 Å². The van der Waals surface area contributed by atoms with Crippen LogP contribution in [0.25, 0.3) is 0 Å². The van der Waals surface area contributed by atoms with E-state index in [0.29, 0.717) is 5.57 Å². The summed E-state index contributed by atoms with van der Waals surface area (Å²) in [6.45, 7) is 5.88. The molecule has 2 aliphatic rings. The lowest BCUT2D eigenvalue weighted by atomic mass is 9.79. The van der Waals surface area contributed by atoms with Crippen molar-refractivity contribution in [3.05, 3.63) is 36.0 Å². The second-order valence-electron chi connectivity index (χ2n) is 7.27. The fourth-order valence-corrected chi connectivity index (χ4v) is 2.85. The van der Waals surface area contributed by atoms with E-state index < -0.39 is 35.3 Å². The first-order valence-electron chi connectivity index (χ1n) is 9.21. The third kappa shape index (κ3) is 6.00. The van der Waals surface area contributed by atoms with Gasteiger partial charge in [-0.2, -0.15) is 0 Å². The number of carbonyl (C=O) groups is 2. The number of ether oxygens (including phenoxy) is 4. The molecule has 1 saturated heterocycles. The molecule has 8 heteroatoms. The van der Waals surface area contributed by atoms with Gasteiger partial charge in [-0.25, -0.2) is 9.59 Å². The maximum absolute atomic E-state index is 11.4. The van der Waals surface area contributed by atoms with E-state index in [1.54, 1.807) is 32.9 Å². The van der Waals surface area contributed by atoms with Crippen molar-refractivity contribution in [3.63, 3.8) is 0 Å². The van der Waals surface area contributed by atoms with Crippen LogP contribution < -0.4 is 0 Å². The first-order valence-corrected chi connectivity index (χ1v) is 9.21. The molecule has 2 heterocycles. The second-order valence-corrected chi connectivity index (χ2v) is 7.27. The highest BCUT2D eigenvalue weighted by atomic mass is 16.7. The lowest BCUT2D eigenvalue weighted by molar-refractivity contribution is -0.289. The second kappa shape index (κ2) is 9.47. The molecule has 2 N–H and O–H groups in total. The molecule has 28 heavy (non-hydrogen) atoms. The van der Waals surface area contributed by atoms with Crippen LogP contribution in [0.3, 0.4) is 0 Å². The molecule has 0 spiro atoms. The number of aliphatic hydroxyl groups excluding tert-OH is 2. The zero-order chi connectivity index (χ0) is 20.8. The standard InChI is InChI=1S/C20H28O8/c1-4-25-17(23)7-5-6-8-20(12-27-19(2,3)28-13-20)16(22)10-15(21)14-9-18(24)26-11-14/h5-9,15-16,21-22H,4,10-13H2,1-3H3/b7-5+,8-6+/t15-,16+/m0/s1. The van der Waals surface area contributed by atoms with Gasteiger partial charge < -0.3 is 29.2 Å². The molecule has 2 aliphatic heterocycles. The molecule has 2 atom stereocenters. The van der Waals surface area contributed by atoms with Crippen molar-refractivity contribution in [1.82, 2.24) is 0 Å². The summed E-state index contributed by atoms with van der Waals surface area (Å²) in [6.07, 6.45) is 5.24. The molecule has 2 rings (SSSR count). The average Bonchev–Trinajstić information content (AvgIpc) is 3.07. The van der Waals surface area contributed by atoms with Gasteiger partial charge in [0.1, 0.15) is 6.61 Å². The van der Waals surface area contributed by atoms with E-state index in [2.05, 4.69) is 0 Å². The van der Waals surface area contributed by atoms with Gasteiger partial charge in [0.05, 0.1) is 37.4 Å². The average molecular weight is 396 g/mol. The third-order valence-electron chi connectivity index (χ3n) is 4.66. The Morgan fingerprint density at radius 3 is 2.54 bits per heavy atom. The van der Waals surface area contributed by atoms with E-state index in [4.69, 9.17) is 18.9 Å². The Bertz CT molecular complexity index is 651. The maximum atomic E-state index is 11.4. The number of aliphatic hydroxyl groups is 2. The Labute approximate surface area is 164 Å². The highest BCUT2D eigenvalue weighted by Crippen LogP contribution is 2.36. The van der Waals surface area contributed by atoms with E-state index in [0.717, 1.165) is 0 Å². The predicted octanol–water partition coefficient (Wildman–Crippen LogP) is 1.03. The summed E-state index contributed by atoms with van der Waals surface area (Å²) >= 11 is 0. The van der Waals surface area contributed by atoms with Crippen LogP contribution in [-0.2, 0) is 28.5 Å². The Kier molecular flexibility index (Phi) is 7.54. The van der Waals surface area contributed by atoms with Gasteiger partial charge in [-0.1, -0.05) is 18.2 Å². The zero-order valence-corrected chi connectivity index (χ0v) is 16.4. The van der Waals surface area contributed by atoms with E-state index in [9.17, 15) is 19.8 Å². The third-order valence-corrected chi connectivity index (χ3v) is 4.66. The van der Waals surface area contributed by atoms with Crippen LogP contribution in [0.5, 0.6) is 0 Å². The summed E-state index contributed by atoms with van der Waals surface area (Å²) in [4.78, 5) is 22.6. The first kappa shape index (κ1) is 22.3. The Morgan fingerprint density at radius 1 is 1.29 bits per heavy atom. The van der Waals surface area contributed by atoms with Crippen LogP contribution in [0.1, 0.15) is 27.2 Å². The number of hydrogen-bond donors (Lipinski definition) is 2. The van der Waals surface area contributed by atoms with Crippen molar-refractivity contribution in [3.8, 4) is 0 Å². The highest BCUT2D eigenvalue weighted by molar-refractivity contribution is 5.85. The molecule has 0 saturated carbocycles. The topological polar surface area (TPSA) is 112 Å². The van der Waals surface area contributed by atoms with Gasteiger partial charge >= 0.3 is 11.9 Å². The largest absolute Gasteiger partial charge is 0.463 e. The van der Waals surface area contributed by atoms with Crippen molar-refractivity contribution in [2.45, 2.75) is 45.2 Å². The van der Waals surface area contributed by atoms with Gasteiger partial charge in [0, 0.05) is 24.1 Å². The first-order chi connectivity index (χ1) is 13.2. The smallest absolute Gasteiger partial charge is 0.331 e. The van der Waals surface area contributed by atoms with E-state index in [1.807, 2.05) is 0 Å². The molecule has 0 aromatic heterocycles. The number of esters is 2. The molecule has 0 unspecified atom stereocenters. The molecule has 156 valence electrons. The Hall–Kier alpha value is -2.00. The number of carbonyl (C=O) groups excluding carboxylic acids is 2. The summed E-state index contributed by atoms with van der Waals surface area (Å²) < 4.78 is 21.1. The van der Waals surface area contributed by atoms with Crippen LogP contribution in [0.15, 0.2) is 36.0 Å². The molecule has 0 amide bonds. The molecule has 0 radical (unpaired) electrons. The van der Waals surface area contributed by atoms with Crippen molar-refractivity contribution in [1.29, 1.82) is 0 Å². The van der Waals surface area contributed by atoms with Gasteiger partial charge in [0.25, 0.3) is 0 Å². The summed E-state index contributed by atoms with van der Waals surface area (Å²) in [6, 6.07) is 0. The van der Waals surface area contributed by atoms with E-state index in [1.165, 1.54) is 18.2 Å². The van der Waals surface area contributed by atoms with Gasteiger partial charge in [-0.15, -0.1) is 0 Å². The summed E-state index contributed by atoms with van der Waals surface area (Å²) in [7, 11) is 0. The van der Waals surface area contributed by atoms with Crippen LogP contribution in [0, 0.1) is 5.41 Å². The lowest BCUT2D eigenvalue weighted by Gasteiger charge is -2.44. The molecular formula is C20H28O8. The van der Waals surface area contributed by atoms with Crippen molar-refractivity contribution >= 4 is 11.9 Å². The molecule has 0 bridgehead atoms. The van der Waals surface area contributed by atoms with Gasteiger partial charge in [-0.3, -0.25) is 0 Å². The molecule has 0 aliphatic carbocycles. The number of hydrogen-bond acceptors (Lipinski definition) is 8. The summed E-state index contributed by atoms with van der Waals surface area (Å²) in [5, 5.41) is 21.2. The van der Waals surface area contributed by atoms with Crippen molar-refractivity contribution in [2.75, 3.05) is 26.4 Å². The van der Waals surface area contributed by atoms with E-state index in [-0.39, 0.29) is 32.8 Å². The summed E-state index contributed by atoms with van der Waals surface area (Å²) in [5.74, 6) is -1.76. The molecule has 0 aromatic carbocycles. The highest BCUT2D eigenvalue weighted by Gasteiger charge is 2.44. The number of cyclic esters (lactones) is 1. The molecular weight excluding hydrogens is 368 g/mol. The lowest BCUT2D eigenvalue weighted by Crippen LogP contribution is -2.52. The molecule has 1 fully saturated rings. The summed E-state index contributed by atoms with van der Waals surface area (Å²) in [5.41, 5.74) is -0.511. The Morgan fingerprint density at radius 2 is 1.96 bits per heavy atom. The van der Waals surface area contributed by atoms with Gasteiger partial charge in [0.2, 0.25) is 0 Å². The fourth-order valence-electron chi connectivity index (χ4n) is 2.85. The zero-order valence-electron chi connectivity index (χ0n) is 16.4. The van der Waals surface area contributed by atoms with Crippen LogP contribution in [0.4, 0.5) is 0 Å². The molecule has 8 nitrogen and oxygen atoms in total. The number of allylic oxidation sites excluding steroid dienone is 2. The van der Waals surface area contributed by atoms with Gasteiger partial charge in [-0.05, 0) is 20.8 Å². The minimum atomic E-state index is -1.03. The van der Waals surface area contributed by atoms with Gasteiger partial charge in [0.15, 0.2) is 5.79 Å². The minimum Gasteiger partial charge on any atom is -0.463 e. The fraction of sp³-hybridized carbons (Fsp3) is 0.600. The normalized spacial score (nSPS) is 23.5. The van der Waals surface area contributed by atoms with Crippen LogP contribution >= 0.6 is 0 Å². The Balaban J connectivity index is 2.10. The molecule has 0 aromatic rings. The van der Waals surface area contributed by atoms with E-state index >= 15 is 0 Å². The SMILES string of the molecule is CCOC(=O)/C=C/C=C/C1([C@H](O)C[C@H](O)C2=CC(=O)OC2)COC(C)(C)OC1. The predicted molar refractivity (Wildman–Crippen MR) is 99.0 cm³/mol. The monoisotopic (exact) mass is 396 g/mol. The van der Waals surface area contributed by atoms with Crippen LogP contribution in [0.2, 0.25) is 0 Å². The minimum absolute atomic E-state index is 0.0118. The maximum Gasteiger partial charge on any atom is 0.331 e. The van der Waals surface area contributed by atoms with Crippen LogP contribution in [-0.4, -0.2) is 66.6 Å². The number of rotatable bonds is 8. The van der Waals surface area contributed by atoms with Crippen molar-refractivity contribution < 1.29 is 38.7 Å².